The number of amides is 3. The van der Waals surface area contributed by atoms with Gasteiger partial charge in [0.2, 0.25) is 11.8 Å². The van der Waals surface area contributed by atoms with Crippen molar-refractivity contribution in [2.24, 2.45) is 0 Å². The molecule has 1 N–H and O–H groups in total. The average Bonchev–Trinajstić information content (AvgIpc) is 3.09. The highest BCUT2D eigenvalue weighted by molar-refractivity contribution is 7.90. The van der Waals surface area contributed by atoms with E-state index in [1.807, 2.05) is 51.1 Å². The van der Waals surface area contributed by atoms with Crippen LogP contribution in [0.4, 0.5) is 0 Å². The highest BCUT2D eigenvalue weighted by Gasteiger charge is 2.41. The molecule has 0 saturated carbocycles. The van der Waals surface area contributed by atoms with Crippen LogP contribution in [0.2, 0.25) is 5.02 Å². The minimum Gasteiger partial charge on any atom is -0.350 e. The van der Waals surface area contributed by atoms with Crippen molar-refractivity contribution in [1.82, 2.24) is 14.5 Å². The Labute approximate surface area is 240 Å². The molecule has 0 radical (unpaired) electrons. The Morgan fingerprint density at radius 3 is 2.25 bits per heavy atom. The number of hydrogen-bond donors (Lipinski definition) is 1. The second kappa shape index (κ2) is 11.8. The van der Waals surface area contributed by atoms with Crippen molar-refractivity contribution in [2.75, 3.05) is 6.54 Å². The Morgan fingerprint density at radius 2 is 1.60 bits per heavy atom. The molecule has 0 bridgehead atoms. The molecule has 1 aliphatic rings. The van der Waals surface area contributed by atoms with Gasteiger partial charge in [0, 0.05) is 36.5 Å². The molecule has 40 heavy (non-hydrogen) atoms. The van der Waals surface area contributed by atoms with Gasteiger partial charge in [-0.2, -0.15) is 0 Å². The van der Waals surface area contributed by atoms with E-state index in [2.05, 4.69) is 5.32 Å². The zero-order valence-corrected chi connectivity index (χ0v) is 24.2. The van der Waals surface area contributed by atoms with Gasteiger partial charge in [-0.25, -0.2) is 12.7 Å². The lowest BCUT2D eigenvalue weighted by atomic mass is 10.0. The molecule has 10 heteroatoms. The van der Waals surface area contributed by atoms with Crippen LogP contribution in [0.15, 0.2) is 83.8 Å². The first-order chi connectivity index (χ1) is 18.9. The van der Waals surface area contributed by atoms with Crippen molar-refractivity contribution in [2.45, 2.75) is 56.6 Å². The maximum Gasteiger partial charge on any atom is 0.269 e. The van der Waals surface area contributed by atoms with E-state index >= 15 is 0 Å². The molecule has 0 aromatic heterocycles. The van der Waals surface area contributed by atoms with Gasteiger partial charge >= 0.3 is 0 Å². The molecular weight excluding hydrogens is 550 g/mol. The van der Waals surface area contributed by atoms with Gasteiger partial charge in [-0.3, -0.25) is 14.4 Å². The normalized spacial score (nSPS) is 14.9. The predicted molar refractivity (Wildman–Crippen MR) is 153 cm³/mol. The van der Waals surface area contributed by atoms with Gasteiger partial charge in [0.1, 0.15) is 10.9 Å². The van der Waals surface area contributed by atoms with E-state index in [0.29, 0.717) is 10.6 Å². The molecule has 4 rings (SSSR count). The van der Waals surface area contributed by atoms with Crippen LogP contribution in [0, 0.1) is 0 Å². The highest BCUT2D eigenvalue weighted by atomic mass is 35.5. The second-order valence-corrected chi connectivity index (χ2v) is 13.0. The van der Waals surface area contributed by atoms with Crippen LogP contribution in [0.3, 0.4) is 0 Å². The molecular formula is C30H32ClN3O5S. The number of nitrogens with zero attached hydrogens (tertiary/aromatic N) is 2. The van der Waals surface area contributed by atoms with Crippen LogP contribution in [-0.2, 0) is 32.6 Å². The fraction of sp³-hybridized carbons (Fsp3) is 0.300. The topological polar surface area (TPSA) is 104 Å². The highest BCUT2D eigenvalue weighted by Crippen LogP contribution is 2.30. The third-order valence-electron chi connectivity index (χ3n) is 6.45. The first-order valence-corrected chi connectivity index (χ1v) is 14.7. The minimum absolute atomic E-state index is 0.0649. The van der Waals surface area contributed by atoms with E-state index in [9.17, 15) is 22.8 Å². The third kappa shape index (κ3) is 6.71. The first-order valence-electron chi connectivity index (χ1n) is 12.9. The summed E-state index contributed by atoms with van der Waals surface area (Å²) >= 11 is 6.21. The van der Waals surface area contributed by atoms with Crippen molar-refractivity contribution in [3.63, 3.8) is 0 Å². The molecule has 3 aromatic rings. The van der Waals surface area contributed by atoms with Crippen molar-refractivity contribution >= 4 is 39.3 Å². The Kier molecular flexibility index (Phi) is 8.65. The molecule has 1 atom stereocenters. The molecule has 0 unspecified atom stereocenters. The number of sulfonamides is 1. The summed E-state index contributed by atoms with van der Waals surface area (Å²) in [4.78, 5) is 41.8. The van der Waals surface area contributed by atoms with E-state index in [4.69, 9.17) is 11.6 Å². The lowest BCUT2D eigenvalue weighted by Gasteiger charge is -2.34. The Hall–Kier alpha value is -3.69. The number of rotatable bonds is 9. The zero-order valence-electron chi connectivity index (χ0n) is 22.6. The van der Waals surface area contributed by atoms with E-state index < -0.39 is 33.4 Å². The fourth-order valence-electron chi connectivity index (χ4n) is 4.63. The summed E-state index contributed by atoms with van der Waals surface area (Å²) in [6, 6.07) is 21.4. The number of carbonyl (C=O) groups excluding carboxylic acids is 3. The SMILES string of the molecule is CC(C)(C)NC(=O)[C@H](Cc1ccccc1)N(Cc1cccc(Cl)c1)C(=O)CCN1C(=O)c2ccccc2S1(=O)=O. The number of nitrogens with one attached hydrogen (secondary N) is 1. The Bertz CT molecular complexity index is 1520. The Morgan fingerprint density at radius 1 is 0.950 bits per heavy atom. The van der Waals surface area contributed by atoms with Crippen molar-refractivity contribution in [3.8, 4) is 0 Å². The summed E-state index contributed by atoms with van der Waals surface area (Å²) in [5.74, 6) is -1.48. The number of hydrogen-bond acceptors (Lipinski definition) is 5. The third-order valence-corrected chi connectivity index (χ3v) is 8.53. The van der Waals surface area contributed by atoms with Crippen LogP contribution in [0.25, 0.3) is 0 Å². The van der Waals surface area contributed by atoms with Crippen LogP contribution in [0.5, 0.6) is 0 Å². The van der Waals surface area contributed by atoms with Crippen LogP contribution in [0.1, 0.15) is 48.7 Å². The quantitative estimate of drug-likeness (QED) is 0.403. The minimum atomic E-state index is -4.07. The molecule has 8 nitrogen and oxygen atoms in total. The number of benzene rings is 3. The molecule has 3 amide bonds. The van der Waals surface area contributed by atoms with Crippen LogP contribution >= 0.6 is 11.6 Å². The van der Waals surface area contributed by atoms with E-state index in [1.165, 1.54) is 17.0 Å². The largest absolute Gasteiger partial charge is 0.350 e. The molecule has 0 aliphatic carbocycles. The summed E-state index contributed by atoms with van der Waals surface area (Å²) in [7, 11) is -4.07. The summed E-state index contributed by atoms with van der Waals surface area (Å²) < 4.78 is 26.8. The van der Waals surface area contributed by atoms with E-state index in [1.54, 1.807) is 36.4 Å². The van der Waals surface area contributed by atoms with Gasteiger partial charge in [-0.05, 0) is 56.2 Å². The summed E-state index contributed by atoms with van der Waals surface area (Å²) in [6.07, 6.45) is -0.0605. The molecule has 210 valence electrons. The summed E-state index contributed by atoms with van der Waals surface area (Å²) in [5.41, 5.74) is 1.09. The van der Waals surface area contributed by atoms with Crippen LogP contribution < -0.4 is 5.32 Å². The van der Waals surface area contributed by atoms with Gasteiger partial charge < -0.3 is 10.2 Å². The predicted octanol–water partition coefficient (Wildman–Crippen LogP) is 4.43. The second-order valence-electron chi connectivity index (χ2n) is 10.7. The van der Waals surface area contributed by atoms with E-state index in [0.717, 1.165) is 9.87 Å². The van der Waals surface area contributed by atoms with Crippen molar-refractivity contribution < 1.29 is 22.8 Å². The lowest BCUT2D eigenvalue weighted by molar-refractivity contribution is -0.142. The maximum absolute atomic E-state index is 13.9. The summed E-state index contributed by atoms with van der Waals surface area (Å²) in [5, 5.41) is 3.46. The van der Waals surface area contributed by atoms with E-state index in [-0.39, 0.29) is 42.3 Å². The molecule has 0 spiro atoms. The smallest absolute Gasteiger partial charge is 0.269 e. The maximum atomic E-state index is 13.9. The molecule has 1 heterocycles. The van der Waals surface area contributed by atoms with Gasteiger partial charge in [-0.1, -0.05) is 66.2 Å². The van der Waals surface area contributed by atoms with Gasteiger partial charge in [0.05, 0.1) is 5.56 Å². The first kappa shape index (κ1) is 29.3. The summed E-state index contributed by atoms with van der Waals surface area (Å²) in [6.45, 7) is 5.29. The van der Waals surface area contributed by atoms with Crippen molar-refractivity contribution in [3.05, 3.63) is 101 Å². The number of halogens is 1. The van der Waals surface area contributed by atoms with Crippen molar-refractivity contribution in [1.29, 1.82) is 0 Å². The fourth-order valence-corrected chi connectivity index (χ4v) is 6.41. The molecule has 3 aromatic carbocycles. The Balaban J connectivity index is 1.65. The monoisotopic (exact) mass is 581 g/mol. The zero-order chi connectivity index (χ0) is 29.1. The van der Waals surface area contributed by atoms with Crippen LogP contribution in [-0.4, -0.2) is 53.5 Å². The molecule has 0 fully saturated rings. The van der Waals surface area contributed by atoms with Gasteiger partial charge in [0.15, 0.2) is 0 Å². The van der Waals surface area contributed by atoms with Gasteiger partial charge in [0.25, 0.3) is 15.9 Å². The molecule has 0 saturated heterocycles. The lowest BCUT2D eigenvalue weighted by Crippen LogP contribution is -2.54. The van der Waals surface area contributed by atoms with Gasteiger partial charge in [-0.15, -0.1) is 0 Å². The number of fused-ring (bicyclic) bond motifs is 1. The average molecular weight is 582 g/mol. The number of carbonyl (C=O) groups is 3. The standard InChI is InChI=1S/C30H32ClN3O5S/c1-30(2,3)32-28(36)25(19-21-10-5-4-6-11-21)33(20-22-12-9-13-23(31)18-22)27(35)16-17-34-29(37)24-14-7-8-15-26(24)40(34,38)39/h4-15,18,25H,16-17,19-20H2,1-3H3,(H,32,36)/t25-/m0/s1. The molecule has 1 aliphatic heterocycles.